The summed E-state index contributed by atoms with van der Waals surface area (Å²) in [5, 5.41) is 8.92. The zero-order valence-corrected chi connectivity index (χ0v) is 12.5. The van der Waals surface area contributed by atoms with Gasteiger partial charge in [-0.1, -0.05) is 35.9 Å². The Kier molecular flexibility index (Phi) is 8.53. The fourth-order valence-electron chi connectivity index (χ4n) is 1.69. The second-order valence-electron chi connectivity index (χ2n) is 4.03. The Balaban J connectivity index is 5.51. The third kappa shape index (κ3) is 5.23. The van der Waals surface area contributed by atoms with Crippen LogP contribution in [0.5, 0.6) is 0 Å². The van der Waals surface area contributed by atoms with E-state index in [1.165, 1.54) is 0 Å². The summed E-state index contributed by atoms with van der Waals surface area (Å²) in [6, 6.07) is 2.25. The van der Waals surface area contributed by atoms with Crippen LogP contribution in [-0.2, 0) is 4.74 Å². The van der Waals surface area contributed by atoms with Crippen molar-refractivity contribution >= 4 is 15.9 Å². The van der Waals surface area contributed by atoms with E-state index in [0.29, 0.717) is 12.3 Å². The maximum absolute atomic E-state index is 8.92. The molecule has 0 aliphatic heterocycles. The molecule has 0 fully saturated rings. The first-order valence-electron chi connectivity index (χ1n) is 5.66. The van der Waals surface area contributed by atoms with E-state index >= 15 is 0 Å². The molecule has 0 aromatic rings. The Bertz CT molecular complexity index is 348. The SMILES string of the molecule is C\C=C/C(OC)=C(\C=C\Br)C(CC#N)C(C)C. The molecular weight excluding hydrogens is 278 g/mol. The molecule has 2 nitrogen and oxygen atoms in total. The minimum Gasteiger partial charge on any atom is -0.496 e. The maximum atomic E-state index is 8.92. The molecule has 0 aliphatic rings. The molecule has 0 heterocycles. The molecular formula is C14H20BrNO. The summed E-state index contributed by atoms with van der Waals surface area (Å²) in [4.78, 5) is 1.80. The summed E-state index contributed by atoms with van der Waals surface area (Å²) < 4.78 is 5.39. The Morgan fingerprint density at radius 1 is 1.41 bits per heavy atom. The Morgan fingerprint density at radius 3 is 2.41 bits per heavy atom. The van der Waals surface area contributed by atoms with Crippen LogP contribution in [0.15, 0.2) is 34.5 Å². The van der Waals surface area contributed by atoms with Gasteiger partial charge in [-0.3, -0.25) is 0 Å². The Labute approximate surface area is 113 Å². The van der Waals surface area contributed by atoms with Gasteiger partial charge in [-0.05, 0) is 35.6 Å². The van der Waals surface area contributed by atoms with Crippen molar-refractivity contribution in [2.75, 3.05) is 7.11 Å². The lowest BCUT2D eigenvalue weighted by Gasteiger charge is -2.21. The highest BCUT2D eigenvalue weighted by molar-refractivity contribution is 9.11. The van der Waals surface area contributed by atoms with Crippen LogP contribution in [-0.4, -0.2) is 7.11 Å². The maximum Gasteiger partial charge on any atom is 0.122 e. The Hall–Kier alpha value is -1.01. The van der Waals surface area contributed by atoms with Gasteiger partial charge in [0.2, 0.25) is 0 Å². The van der Waals surface area contributed by atoms with E-state index in [1.54, 1.807) is 12.1 Å². The van der Waals surface area contributed by atoms with Gasteiger partial charge in [0.15, 0.2) is 0 Å². The molecule has 3 heteroatoms. The monoisotopic (exact) mass is 297 g/mol. The average molecular weight is 298 g/mol. The average Bonchev–Trinajstić information content (AvgIpc) is 2.30. The van der Waals surface area contributed by atoms with Crippen molar-refractivity contribution in [2.24, 2.45) is 11.8 Å². The molecule has 0 aromatic carbocycles. The smallest absolute Gasteiger partial charge is 0.122 e. The predicted molar refractivity (Wildman–Crippen MR) is 75.5 cm³/mol. The topological polar surface area (TPSA) is 33.0 Å². The first-order chi connectivity index (χ1) is 8.12. The molecule has 17 heavy (non-hydrogen) atoms. The van der Waals surface area contributed by atoms with Crippen LogP contribution in [0.1, 0.15) is 27.2 Å². The Morgan fingerprint density at radius 2 is 2.06 bits per heavy atom. The van der Waals surface area contributed by atoms with Gasteiger partial charge in [0, 0.05) is 12.3 Å². The molecule has 0 bridgehead atoms. The van der Waals surface area contributed by atoms with E-state index in [0.717, 1.165) is 11.3 Å². The highest BCUT2D eigenvalue weighted by Crippen LogP contribution is 2.28. The van der Waals surface area contributed by atoms with Gasteiger partial charge in [0.25, 0.3) is 0 Å². The molecule has 0 radical (unpaired) electrons. The molecule has 94 valence electrons. The molecule has 1 unspecified atom stereocenters. The van der Waals surface area contributed by atoms with Crippen LogP contribution < -0.4 is 0 Å². The molecule has 0 N–H and O–H groups in total. The minimum atomic E-state index is 0.181. The second-order valence-corrected chi connectivity index (χ2v) is 4.56. The fourth-order valence-corrected chi connectivity index (χ4v) is 1.98. The normalized spacial score (nSPS) is 15.1. The molecule has 0 saturated carbocycles. The van der Waals surface area contributed by atoms with Crippen molar-refractivity contribution in [3.8, 4) is 6.07 Å². The van der Waals surface area contributed by atoms with Crippen molar-refractivity contribution in [1.82, 2.24) is 0 Å². The van der Waals surface area contributed by atoms with Crippen LogP contribution in [0.4, 0.5) is 0 Å². The number of nitrogens with zero attached hydrogens (tertiary/aromatic N) is 1. The zero-order chi connectivity index (χ0) is 13.3. The number of hydrogen-bond donors (Lipinski definition) is 0. The molecule has 0 amide bonds. The second kappa shape index (κ2) is 9.07. The van der Waals surface area contributed by atoms with E-state index in [1.807, 2.05) is 25.2 Å². The van der Waals surface area contributed by atoms with E-state index < -0.39 is 0 Å². The van der Waals surface area contributed by atoms with Crippen molar-refractivity contribution < 1.29 is 4.74 Å². The van der Waals surface area contributed by atoms with Crippen LogP contribution in [0.25, 0.3) is 0 Å². The summed E-state index contributed by atoms with van der Waals surface area (Å²) in [5.74, 6) is 1.39. The van der Waals surface area contributed by atoms with Gasteiger partial charge < -0.3 is 4.74 Å². The lowest BCUT2D eigenvalue weighted by molar-refractivity contribution is 0.293. The quantitative estimate of drug-likeness (QED) is 0.532. The van der Waals surface area contributed by atoms with Crippen LogP contribution >= 0.6 is 15.9 Å². The van der Waals surface area contributed by atoms with Crippen molar-refractivity contribution in [1.29, 1.82) is 5.26 Å². The number of ether oxygens (including phenoxy) is 1. The summed E-state index contributed by atoms with van der Waals surface area (Å²) in [6.07, 6.45) is 6.31. The largest absolute Gasteiger partial charge is 0.496 e. The van der Waals surface area contributed by atoms with Gasteiger partial charge in [0.1, 0.15) is 5.76 Å². The van der Waals surface area contributed by atoms with E-state index in [-0.39, 0.29) is 5.92 Å². The first-order valence-corrected chi connectivity index (χ1v) is 6.58. The molecule has 0 aliphatic carbocycles. The summed E-state index contributed by atoms with van der Waals surface area (Å²) in [6.45, 7) is 6.18. The minimum absolute atomic E-state index is 0.181. The lowest BCUT2D eigenvalue weighted by Crippen LogP contribution is -2.12. The predicted octanol–water partition coefficient (Wildman–Crippen LogP) is 4.56. The number of halogens is 1. The number of allylic oxidation sites excluding steroid dienone is 4. The highest BCUT2D eigenvalue weighted by Gasteiger charge is 2.19. The van der Waals surface area contributed by atoms with E-state index in [9.17, 15) is 0 Å². The first kappa shape index (κ1) is 16.0. The number of hydrogen-bond acceptors (Lipinski definition) is 2. The number of methoxy groups -OCH3 is 1. The zero-order valence-electron chi connectivity index (χ0n) is 10.9. The van der Waals surface area contributed by atoms with Crippen molar-refractivity contribution in [3.05, 3.63) is 34.5 Å². The van der Waals surface area contributed by atoms with Crippen LogP contribution in [0.3, 0.4) is 0 Å². The molecule has 0 rings (SSSR count). The van der Waals surface area contributed by atoms with Gasteiger partial charge >= 0.3 is 0 Å². The molecule has 0 aromatic heterocycles. The van der Waals surface area contributed by atoms with Crippen LogP contribution in [0, 0.1) is 23.2 Å². The molecule has 0 saturated heterocycles. The fraction of sp³-hybridized carbons (Fsp3) is 0.500. The third-order valence-electron chi connectivity index (χ3n) is 2.58. The van der Waals surface area contributed by atoms with Crippen molar-refractivity contribution in [3.63, 3.8) is 0 Å². The number of nitriles is 1. The molecule has 0 spiro atoms. The summed E-state index contributed by atoms with van der Waals surface area (Å²) >= 11 is 3.29. The summed E-state index contributed by atoms with van der Waals surface area (Å²) in [5.41, 5.74) is 1.05. The van der Waals surface area contributed by atoms with E-state index in [2.05, 4.69) is 35.8 Å². The number of rotatable bonds is 6. The highest BCUT2D eigenvalue weighted by atomic mass is 79.9. The molecule has 1 atom stereocenters. The standard InChI is InChI=1S/C14H20BrNO/c1-5-6-14(17-4)13(7-9-15)12(8-10-16)11(2)3/h5-7,9,11-12H,8H2,1-4H3/b6-5-,9-7+,14-13-. The summed E-state index contributed by atoms with van der Waals surface area (Å²) in [7, 11) is 1.65. The van der Waals surface area contributed by atoms with Gasteiger partial charge in [-0.25, -0.2) is 0 Å². The lowest BCUT2D eigenvalue weighted by atomic mass is 9.85. The third-order valence-corrected chi connectivity index (χ3v) is 2.84. The van der Waals surface area contributed by atoms with E-state index in [4.69, 9.17) is 10.00 Å². The van der Waals surface area contributed by atoms with Gasteiger partial charge in [0.05, 0.1) is 13.2 Å². The van der Waals surface area contributed by atoms with Crippen LogP contribution in [0.2, 0.25) is 0 Å². The van der Waals surface area contributed by atoms with Crippen molar-refractivity contribution in [2.45, 2.75) is 27.2 Å². The van der Waals surface area contributed by atoms with Gasteiger partial charge in [-0.15, -0.1) is 0 Å². The van der Waals surface area contributed by atoms with Gasteiger partial charge in [-0.2, -0.15) is 5.26 Å².